The summed E-state index contributed by atoms with van der Waals surface area (Å²) in [5, 5.41) is 2.60. The van der Waals surface area contributed by atoms with Crippen LogP contribution in [0.4, 0.5) is 0 Å². The summed E-state index contributed by atoms with van der Waals surface area (Å²) in [5.41, 5.74) is 5.16. The number of nitrogens with one attached hydrogen (secondary N) is 1. The highest BCUT2D eigenvalue weighted by molar-refractivity contribution is 5.86. The van der Waals surface area contributed by atoms with E-state index in [2.05, 4.69) is 5.32 Å². The summed E-state index contributed by atoms with van der Waals surface area (Å²) in [6, 6.07) is -0.530. The van der Waals surface area contributed by atoms with Crippen LogP contribution in [-0.2, 0) is 9.59 Å². The fourth-order valence-corrected chi connectivity index (χ4v) is 1.01. The summed E-state index contributed by atoms with van der Waals surface area (Å²) >= 11 is 0. The summed E-state index contributed by atoms with van der Waals surface area (Å²) in [7, 11) is 0. The van der Waals surface area contributed by atoms with Gasteiger partial charge >= 0.3 is 0 Å². The van der Waals surface area contributed by atoms with Crippen molar-refractivity contribution in [2.24, 2.45) is 11.7 Å². The normalized spacial score (nSPS) is 14.7. The third-order valence-electron chi connectivity index (χ3n) is 2.16. The van der Waals surface area contributed by atoms with Gasteiger partial charge < -0.3 is 11.1 Å². The van der Waals surface area contributed by atoms with Crippen molar-refractivity contribution in [2.45, 2.75) is 39.7 Å². The molecule has 4 nitrogen and oxygen atoms in total. The standard InChI is InChI=1S/C9H18N2O2/c1-4-6(3)8(9(10)13)11-7(12)5-2/h6,8H,4-5H2,1-3H3,(H2,10,13)(H,11,12). The highest BCUT2D eigenvalue weighted by atomic mass is 16.2. The smallest absolute Gasteiger partial charge is 0.240 e. The van der Waals surface area contributed by atoms with E-state index in [0.717, 1.165) is 6.42 Å². The minimum atomic E-state index is -0.530. The molecule has 4 heteroatoms. The van der Waals surface area contributed by atoms with Crippen LogP contribution in [0.3, 0.4) is 0 Å². The number of carbonyl (C=O) groups is 2. The zero-order valence-electron chi connectivity index (χ0n) is 8.46. The Morgan fingerprint density at radius 2 is 1.92 bits per heavy atom. The lowest BCUT2D eigenvalue weighted by molar-refractivity contribution is -0.128. The van der Waals surface area contributed by atoms with Crippen molar-refractivity contribution in [3.05, 3.63) is 0 Å². The summed E-state index contributed by atoms with van der Waals surface area (Å²) in [4.78, 5) is 22.0. The molecule has 76 valence electrons. The van der Waals surface area contributed by atoms with Gasteiger partial charge in [-0.15, -0.1) is 0 Å². The van der Waals surface area contributed by atoms with Crippen molar-refractivity contribution in [1.82, 2.24) is 5.32 Å². The third kappa shape index (κ3) is 3.92. The lowest BCUT2D eigenvalue weighted by Gasteiger charge is -2.20. The molecule has 2 atom stereocenters. The molecule has 0 aromatic carbocycles. The molecule has 0 heterocycles. The average molecular weight is 186 g/mol. The lowest BCUT2D eigenvalue weighted by atomic mass is 9.98. The predicted molar refractivity (Wildman–Crippen MR) is 50.9 cm³/mol. The van der Waals surface area contributed by atoms with E-state index in [-0.39, 0.29) is 11.8 Å². The largest absolute Gasteiger partial charge is 0.368 e. The molecule has 0 saturated heterocycles. The van der Waals surface area contributed by atoms with E-state index in [9.17, 15) is 9.59 Å². The molecule has 0 aliphatic heterocycles. The zero-order chi connectivity index (χ0) is 10.4. The Kier molecular flexibility index (Phi) is 5.11. The van der Waals surface area contributed by atoms with Gasteiger partial charge in [0.05, 0.1) is 0 Å². The molecule has 13 heavy (non-hydrogen) atoms. The minimum Gasteiger partial charge on any atom is -0.368 e. The maximum Gasteiger partial charge on any atom is 0.240 e. The van der Waals surface area contributed by atoms with Crippen molar-refractivity contribution in [2.75, 3.05) is 0 Å². The van der Waals surface area contributed by atoms with Gasteiger partial charge in [-0.25, -0.2) is 0 Å². The molecule has 2 unspecified atom stereocenters. The molecule has 0 radical (unpaired) electrons. The number of hydrogen-bond donors (Lipinski definition) is 2. The molecule has 0 aliphatic carbocycles. The van der Waals surface area contributed by atoms with Gasteiger partial charge in [0, 0.05) is 6.42 Å². The number of primary amides is 1. The van der Waals surface area contributed by atoms with Gasteiger partial charge in [0.2, 0.25) is 11.8 Å². The maximum atomic E-state index is 11.0. The third-order valence-corrected chi connectivity index (χ3v) is 2.16. The summed E-state index contributed by atoms with van der Waals surface area (Å²) in [6.45, 7) is 5.59. The van der Waals surface area contributed by atoms with Crippen molar-refractivity contribution in [3.63, 3.8) is 0 Å². The van der Waals surface area contributed by atoms with Crippen LogP contribution < -0.4 is 11.1 Å². The fourth-order valence-electron chi connectivity index (χ4n) is 1.01. The highest BCUT2D eigenvalue weighted by Gasteiger charge is 2.22. The number of carbonyl (C=O) groups excluding carboxylic acids is 2. The van der Waals surface area contributed by atoms with E-state index in [0.29, 0.717) is 6.42 Å². The quantitative estimate of drug-likeness (QED) is 0.652. The van der Waals surface area contributed by atoms with Gasteiger partial charge in [0.25, 0.3) is 0 Å². The van der Waals surface area contributed by atoms with Crippen molar-refractivity contribution >= 4 is 11.8 Å². The molecular formula is C9H18N2O2. The number of rotatable bonds is 5. The maximum absolute atomic E-state index is 11.0. The fraction of sp³-hybridized carbons (Fsp3) is 0.778. The molecule has 0 fully saturated rings. The van der Waals surface area contributed by atoms with Crippen LogP contribution in [0, 0.1) is 5.92 Å². The Balaban J connectivity index is 4.26. The Morgan fingerprint density at radius 3 is 2.23 bits per heavy atom. The van der Waals surface area contributed by atoms with E-state index in [1.165, 1.54) is 0 Å². The first-order chi connectivity index (χ1) is 6.02. The van der Waals surface area contributed by atoms with Gasteiger partial charge in [-0.05, 0) is 5.92 Å². The van der Waals surface area contributed by atoms with E-state index in [1.54, 1.807) is 6.92 Å². The molecule has 0 spiro atoms. The van der Waals surface area contributed by atoms with E-state index >= 15 is 0 Å². The van der Waals surface area contributed by atoms with E-state index in [4.69, 9.17) is 5.73 Å². The van der Waals surface area contributed by atoms with Crippen LogP contribution in [0.1, 0.15) is 33.6 Å². The van der Waals surface area contributed by atoms with Gasteiger partial charge in [0.15, 0.2) is 0 Å². The number of amides is 2. The first-order valence-electron chi connectivity index (χ1n) is 4.61. The van der Waals surface area contributed by atoms with Crippen LogP contribution >= 0.6 is 0 Å². The first-order valence-corrected chi connectivity index (χ1v) is 4.61. The van der Waals surface area contributed by atoms with Crippen LogP contribution in [-0.4, -0.2) is 17.9 Å². The number of nitrogens with two attached hydrogens (primary N) is 1. The minimum absolute atomic E-state index is 0.0907. The Bertz CT molecular complexity index is 192. The molecule has 0 aliphatic rings. The Labute approximate surface area is 78.9 Å². The predicted octanol–water partition coefficient (Wildman–Crippen LogP) is 0.413. The van der Waals surface area contributed by atoms with Crippen molar-refractivity contribution in [1.29, 1.82) is 0 Å². The molecule has 2 amide bonds. The van der Waals surface area contributed by atoms with Gasteiger partial charge in [-0.2, -0.15) is 0 Å². The van der Waals surface area contributed by atoms with E-state index < -0.39 is 11.9 Å². The topological polar surface area (TPSA) is 72.2 Å². The summed E-state index contributed by atoms with van der Waals surface area (Å²) < 4.78 is 0. The molecule has 0 rings (SSSR count). The Hall–Kier alpha value is -1.06. The molecule has 0 aromatic heterocycles. The molecule has 0 saturated carbocycles. The monoisotopic (exact) mass is 186 g/mol. The number of hydrogen-bond acceptors (Lipinski definition) is 2. The summed E-state index contributed by atoms with van der Waals surface area (Å²) in [6.07, 6.45) is 1.19. The lowest BCUT2D eigenvalue weighted by Crippen LogP contribution is -2.48. The zero-order valence-corrected chi connectivity index (χ0v) is 8.46. The molecule has 3 N–H and O–H groups in total. The summed E-state index contributed by atoms with van der Waals surface area (Å²) in [5.74, 6) is -0.506. The second-order valence-corrected chi connectivity index (χ2v) is 3.19. The van der Waals surface area contributed by atoms with Crippen molar-refractivity contribution in [3.8, 4) is 0 Å². The van der Waals surface area contributed by atoms with Crippen LogP contribution in [0.5, 0.6) is 0 Å². The SMILES string of the molecule is CCC(=O)NC(C(N)=O)C(C)CC. The first kappa shape index (κ1) is 11.9. The second kappa shape index (κ2) is 5.56. The Morgan fingerprint density at radius 1 is 1.38 bits per heavy atom. The molecular weight excluding hydrogens is 168 g/mol. The van der Waals surface area contributed by atoms with Crippen LogP contribution in [0.2, 0.25) is 0 Å². The van der Waals surface area contributed by atoms with Gasteiger partial charge in [-0.1, -0.05) is 27.2 Å². The van der Waals surface area contributed by atoms with Gasteiger partial charge in [-0.3, -0.25) is 9.59 Å². The van der Waals surface area contributed by atoms with Crippen molar-refractivity contribution < 1.29 is 9.59 Å². The molecule has 0 aromatic rings. The highest BCUT2D eigenvalue weighted by Crippen LogP contribution is 2.07. The second-order valence-electron chi connectivity index (χ2n) is 3.19. The van der Waals surface area contributed by atoms with E-state index in [1.807, 2.05) is 13.8 Å². The van der Waals surface area contributed by atoms with Crippen LogP contribution in [0.25, 0.3) is 0 Å². The average Bonchev–Trinajstić information content (AvgIpc) is 2.11. The molecule has 0 bridgehead atoms. The van der Waals surface area contributed by atoms with Gasteiger partial charge in [0.1, 0.15) is 6.04 Å². The van der Waals surface area contributed by atoms with Crippen LogP contribution in [0.15, 0.2) is 0 Å².